The molecular formula is C18H27N3O3. The maximum Gasteiger partial charge on any atom is 0.258 e. The van der Waals surface area contributed by atoms with Crippen LogP contribution in [0.5, 0.6) is 5.75 Å². The van der Waals surface area contributed by atoms with Crippen molar-refractivity contribution in [2.24, 2.45) is 5.73 Å². The van der Waals surface area contributed by atoms with Crippen molar-refractivity contribution in [1.29, 1.82) is 0 Å². The van der Waals surface area contributed by atoms with E-state index in [9.17, 15) is 9.59 Å². The summed E-state index contributed by atoms with van der Waals surface area (Å²) in [4.78, 5) is 25.6. The lowest BCUT2D eigenvalue weighted by atomic mass is 9.93. The molecule has 0 spiro atoms. The van der Waals surface area contributed by atoms with Crippen molar-refractivity contribution in [2.75, 3.05) is 24.6 Å². The van der Waals surface area contributed by atoms with E-state index in [4.69, 9.17) is 10.5 Å². The summed E-state index contributed by atoms with van der Waals surface area (Å²) in [6.45, 7) is 5.14. The van der Waals surface area contributed by atoms with Gasteiger partial charge in [0, 0.05) is 25.2 Å². The Kier molecular flexibility index (Phi) is 6.20. The Bertz CT molecular complexity index is 559. The van der Waals surface area contributed by atoms with Crippen LogP contribution in [0, 0.1) is 0 Å². The minimum Gasteiger partial charge on any atom is -0.484 e. The van der Waals surface area contributed by atoms with Crippen LogP contribution in [0.2, 0.25) is 0 Å². The third kappa shape index (κ3) is 4.26. The average molecular weight is 333 g/mol. The molecule has 0 radical (unpaired) electrons. The van der Waals surface area contributed by atoms with Gasteiger partial charge in [0.25, 0.3) is 5.91 Å². The van der Waals surface area contributed by atoms with E-state index in [1.54, 1.807) is 17.0 Å². The first-order valence-corrected chi connectivity index (χ1v) is 8.58. The van der Waals surface area contributed by atoms with Gasteiger partial charge in [-0.05, 0) is 43.5 Å². The Labute approximate surface area is 143 Å². The van der Waals surface area contributed by atoms with Crippen LogP contribution in [-0.2, 0) is 9.59 Å². The lowest BCUT2D eigenvalue weighted by Gasteiger charge is -2.31. The fourth-order valence-corrected chi connectivity index (χ4v) is 2.89. The molecule has 6 heteroatoms. The second kappa shape index (κ2) is 8.15. The van der Waals surface area contributed by atoms with Crippen molar-refractivity contribution in [3.63, 3.8) is 0 Å². The molecule has 1 aliphatic rings. The Morgan fingerprint density at radius 3 is 2.46 bits per heavy atom. The molecule has 0 saturated carbocycles. The van der Waals surface area contributed by atoms with E-state index in [0.717, 1.165) is 31.5 Å². The number of anilines is 1. The number of carbonyl (C=O) groups is 2. The van der Waals surface area contributed by atoms with Gasteiger partial charge in [-0.15, -0.1) is 0 Å². The number of nitrogens with zero attached hydrogens (tertiary/aromatic N) is 1. The van der Waals surface area contributed by atoms with E-state index in [-0.39, 0.29) is 24.0 Å². The van der Waals surface area contributed by atoms with Crippen molar-refractivity contribution in [1.82, 2.24) is 5.32 Å². The first-order chi connectivity index (χ1) is 11.5. The third-order valence-corrected chi connectivity index (χ3v) is 4.74. The minimum absolute atomic E-state index is 0.0518. The summed E-state index contributed by atoms with van der Waals surface area (Å²) in [6, 6.07) is 7.26. The number of ether oxygens (including phenoxy) is 1. The zero-order valence-electron chi connectivity index (χ0n) is 14.5. The Hall–Kier alpha value is -2.08. The van der Waals surface area contributed by atoms with Gasteiger partial charge in [0.05, 0.1) is 5.54 Å². The summed E-state index contributed by atoms with van der Waals surface area (Å²) in [6.07, 6.45) is 3.07. The van der Waals surface area contributed by atoms with E-state index >= 15 is 0 Å². The highest BCUT2D eigenvalue weighted by Gasteiger charge is 2.26. The van der Waals surface area contributed by atoms with Gasteiger partial charge in [0.2, 0.25) is 5.91 Å². The molecule has 2 rings (SSSR count). The molecule has 1 aromatic carbocycles. The summed E-state index contributed by atoms with van der Waals surface area (Å²) in [5.74, 6) is 0.579. The quantitative estimate of drug-likeness (QED) is 0.760. The van der Waals surface area contributed by atoms with Crippen molar-refractivity contribution in [2.45, 2.75) is 45.1 Å². The molecule has 1 fully saturated rings. The van der Waals surface area contributed by atoms with Gasteiger partial charge >= 0.3 is 0 Å². The molecule has 0 aromatic heterocycles. The Balaban J connectivity index is 1.88. The van der Waals surface area contributed by atoms with Crippen LogP contribution in [0.15, 0.2) is 24.3 Å². The van der Waals surface area contributed by atoms with Gasteiger partial charge < -0.3 is 20.7 Å². The predicted molar refractivity (Wildman–Crippen MR) is 94.0 cm³/mol. The van der Waals surface area contributed by atoms with E-state index in [1.807, 2.05) is 26.0 Å². The lowest BCUT2D eigenvalue weighted by Crippen LogP contribution is -2.54. The van der Waals surface area contributed by atoms with Crippen LogP contribution in [0.1, 0.15) is 39.5 Å². The fourth-order valence-electron chi connectivity index (χ4n) is 2.89. The molecule has 6 nitrogen and oxygen atoms in total. The normalized spacial score (nSPS) is 14.8. The highest BCUT2D eigenvalue weighted by Crippen LogP contribution is 2.23. The zero-order valence-corrected chi connectivity index (χ0v) is 14.5. The van der Waals surface area contributed by atoms with Crippen LogP contribution in [-0.4, -0.2) is 37.0 Å². The largest absolute Gasteiger partial charge is 0.484 e. The monoisotopic (exact) mass is 333 g/mol. The standard InChI is InChI=1S/C18H27N3O3/c1-3-18(4-2,13-19)20-16(22)12-24-15-9-7-14(8-10-15)21-11-5-6-17(21)23/h7-10H,3-6,11-13,19H2,1-2H3,(H,20,22). The van der Waals surface area contributed by atoms with Crippen molar-refractivity contribution >= 4 is 17.5 Å². The molecule has 1 saturated heterocycles. The van der Waals surface area contributed by atoms with Crippen LogP contribution in [0.25, 0.3) is 0 Å². The number of hydrogen-bond donors (Lipinski definition) is 2. The summed E-state index contributed by atoms with van der Waals surface area (Å²) in [7, 11) is 0. The number of carbonyl (C=O) groups excluding carboxylic acids is 2. The highest BCUT2D eigenvalue weighted by atomic mass is 16.5. The smallest absolute Gasteiger partial charge is 0.258 e. The first-order valence-electron chi connectivity index (χ1n) is 8.58. The molecule has 1 aromatic rings. The molecule has 2 amide bonds. The molecule has 0 bridgehead atoms. The van der Waals surface area contributed by atoms with Crippen molar-refractivity contribution in [3.8, 4) is 5.75 Å². The number of nitrogens with two attached hydrogens (primary N) is 1. The van der Waals surface area contributed by atoms with Gasteiger partial charge in [0.15, 0.2) is 6.61 Å². The van der Waals surface area contributed by atoms with Crippen LogP contribution < -0.4 is 20.7 Å². The molecule has 0 aliphatic carbocycles. The molecule has 0 unspecified atom stereocenters. The molecule has 132 valence electrons. The van der Waals surface area contributed by atoms with Crippen molar-refractivity contribution < 1.29 is 14.3 Å². The summed E-state index contributed by atoms with van der Waals surface area (Å²) >= 11 is 0. The number of hydrogen-bond acceptors (Lipinski definition) is 4. The Morgan fingerprint density at radius 1 is 1.29 bits per heavy atom. The van der Waals surface area contributed by atoms with E-state index in [1.165, 1.54) is 0 Å². The molecule has 0 atom stereocenters. The fraction of sp³-hybridized carbons (Fsp3) is 0.556. The second-order valence-electron chi connectivity index (χ2n) is 6.17. The van der Waals surface area contributed by atoms with Gasteiger partial charge in [-0.2, -0.15) is 0 Å². The first kappa shape index (κ1) is 18.3. The summed E-state index contributed by atoms with van der Waals surface area (Å²) in [5.41, 5.74) is 6.29. The van der Waals surface area contributed by atoms with E-state index in [0.29, 0.717) is 18.7 Å². The van der Waals surface area contributed by atoms with Gasteiger partial charge in [-0.1, -0.05) is 13.8 Å². The molecule has 24 heavy (non-hydrogen) atoms. The SMILES string of the molecule is CCC(CC)(CN)NC(=O)COc1ccc(N2CCCC2=O)cc1. The highest BCUT2D eigenvalue weighted by molar-refractivity contribution is 5.95. The lowest BCUT2D eigenvalue weighted by molar-refractivity contribution is -0.125. The summed E-state index contributed by atoms with van der Waals surface area (Å²) in [5, 5.41) is 2.97. The van der Waals surface area contributed by atoms with Gasteiger partial charge in [0.1, 0.15) is 5.75 Å². The number of amides is 2. The summed E-state index contributed by atoms with van der Waals surface area (Å²) < 4.78 is 5.54. The maximum absolute atomic E-state index is 12.1. The van der Waals surface area contributed by atoms with Gasteiger partial charge in [-0.3, -0.25) is 9.59 Å². The van der Waals surface area contributed by atoms with Crippen LogP contribution in [0.4, 0.5) is 5.69 Å². The Morgan fingerprint density at radius 2 is 1.96 bits per heavy atom. The molecule has 3 N–H and O–H groups in total. The topological polar surface area (TPSA) is 84.7 Å². The van der Waals surface area contributed by atoms with Crippen molar-refractivity contribution in [3.05, 3.63) is 24.3 Å². The average Bonchev–Trinajstić information content (AvgIpc) is 3.04. The predicted octanol–water partition coefficient (Wildman–Crippen LogP) is 1.83. The van der Waals surface area contributed by atoms with E-state index in [2.05, 4.69) is 5.32 Å². The van der Waals surface area contributed by atoms with E-state index < -0.39 is 0 Å². The maximum atomic E-state index is 12.1. The molecule has 1 aliphatic heterocycles. The van der Waals surface area contributed by atoms with Crippen LogP contribution in [0.3, 0.4) is 0 Å². The van der Waals surface area contributed by atoms with Gasteiger partial charge in [-0.25, -0.2) is 0 Å². The second-order valence-corrected chi connectivity index (χ2v) is 6.17. The number of rotatable bonds is 8. The number of nitrogens with one attached hydrogen (secondary N) is 1. The third-order valence-electron chi connectivity index (χ3n) is 4.74. The number of benzene rings is 1. The molecular weight excluding hydrogens is 306 g/mol. The van der Waals surface area contributed by atoms with Crippen LogP contribution >= 0.6 is 0 Å². The molecule has 1 heterocycles. The zero-order chi connectivity index (χ0) is 17.6. The minimum atomic E-state index is -0.361.